The van der Waals surface area contributed by atoms with Crippen LogP contribution < -0.4 is 5.32 Å². The first-order valence-electron chi connectivity index (χ1n) is 7.65. The van der Waals surface area contributed by atoms with Crippen molar-refractivity contribution in [3.63, 3.8) is 0 Å². The van der Waals surface area contributed by atoms with E-state index in [-0.39, 0.29) is 17.5 Å². The van der Waals surface area contributed by atoms with Crippen LogP contribution >= 0.6 is 11.8 Å². The van der Waals surface area contributed by atoms with Gasteiger partial charge in [-0.2, -0.15) is 5.26 Å². The van der Waals surface area contributed by atoms with E-state index in [1.165, 1.54) is 23.9 Å². The van der Waals surface area contributed by atoms with Crippen LogP contribution in [0.5, 0.6) is 0 Å². The predicted molar refractivity (Wildman–Crippen MR) is 96.9 cm³/mol. The molecular weight excluding hydrogens is 353 g/mol. The van der Waals surface area contributed by atoms with Crippen molar-refractivity contribution in [3.05, 3.63) is 59.9 Å². The average Bonchev–Trinajstić information content (AvgIpc) is 3.02. The number of thioether (sulfide) groups is 1. The number of carbonyl (C=O) groups excluding carboxylic acids is 1. The molecule has 0 saturated heterocycles. The van der Waals surface area contributed by atoms with Crippen molar-refractivity contribution >= 4 is 23.4 Å². The van der Waals surface area contributed by atoms with Crippen LogP contribution in [0, 0.1) is 17.1 Å². The number of nitrogens with zero attached hydrogens (tertiary/aromatic N) is 4. The summed E-state index contributed by atoms with van der Waals surface area (Å²) in [6.45, 7) is 0. The number of hydrogen-bond donors (Lipinski definition) is 1. The fourth-order valence-corrected chi connectivity index (χ4v) is 2.96. The Morgan fingerprint density at radius 3 is 2.54 bits per heavy atom. The third-order valence-electron chi connectivity index (χ3n) is 3.57. The van der Waals surface area contributed by atoms with Crippen LogP contribution in [0.2, 0.25) is 0 Å². The van der Waals surface area contributed by atoms with Crippen molar-refractivity contribution < 1.29 is 9.18 Å². The molecule has 0 aliphatic rings. The lowest BCUT2D eigenvalue weighted by Crippen LogP contribution is -2.14. The van der Waals surface area contributed by atoms with Gasteiger partial charge >= 0.3 is 0 Å². The molecule has 3 rings (SSSR count). The van der Waals surface area contributed by atoms with Gasteiger partial charge in [0.25, 0.3) is 0 Å². The zero-order valence-electron chi connectivity index (χ0n) is 13.8. The minimum Gasteiger partial charge on any atom is -0.325 e. The van der Waals surface area contributed by atoms with Crippen molar-refractivity contribution in [2.24, 2.45) is 7.05 Å². The first-order valence-corrected chi connectivity index (χ1v) is 8.63. The lowest BCUT2D eigenvalue weighted by Gasteiger charge is -2.06. The van der Waals surface area contributed by atoms with Gasteiger partial charge in [-0.05, 0) is 48.5 Å². The molecule has 1 heterocycles. The molecule has 0 bridgehead atoms. The molecule has 0 spiro atoms. The number of carbonyl (C=O) groups is 1. The highest BCUT2D eigenvalue weighted by atomic mass is 32.2. The highest BCUT2D eigenvalue weighted by Gasteiger charge is 2.13. The van der Waals surface area contributed by atoms with Crippen LogP contribution in [-0.4, -0.2) is 26.4 Å². The molecule has 0 unspecified atom stereocenters. The zero-order valence-corrected chi connectivity index (χ0v) is 14.6. The van der Waals surface area contributed by atoms with E-state index >= 15 is 0 Å². The number of nitriles is 1. The monoisotopic (exact) mass is 367 g/mol. The normalized spacial score (nSPS) is 10.3. The number of halogens is 1. The topological polar surface area (TPSA) is 83.6 Å². The molecule has 0 radical (unpaired) electrons. The summed E-state index contributed by atoms with van der Waals surface area (Å²) < 4.78 is 14.8. The van der Waals surface area contributed by atoms with Gasteiger partial charge in [-0.3, -0.25) is 4.79 Å². The van der Waals surface area contributed by atoms with Gasteiger partial charge in [-0.15, -0.1) is 10.2 Å². The molecule has 0 atom stereocenters. The second-order valence-electron chi connectivity index (χ2n) is 5.40. The van der Waals surface area contributed by atoms with Crippen LogP contribution in [0.1, 0.15) is 5.56 Å². The molecular formula is C18H14FN5OS. The summed E-state index contributed by atoms with van der Waals surface area (Å²) in [6, 6.07) is 14.6. The molecule has 1 aromatic heterocycles. The molecule has 6 nitrogen and oxygen atoms in total. The number of nitrogens with one attached hydrogen (secondary N) is 1. The van der Waals surface area contributed by atoms with Crippen LogP contribution in [0.4, 0.5) is 10.1 Å². The fraction of sp³-hybridized carbons (Fsp3) is 0.111. The third-order valence-corrected chi connectivity index (χ3v) is 4.59. The Morgan fingerprint density at radius 2 is 1.88 bits per heavy atom. The molecule has 1 N–H and O–H groups in total. The van der Waals surface area contributed by atoms with E-state index < -0.39 is 0 Å². The van der Waals surface area contributed by atoms with Crippen molar-refractivity contribution in [1.82, 2.24) is 14.8 Å². The Hall–Kier alpha value is -3.18. The number of anilines is 1. The number of aromatic nitrogens is 3. The molecule has 0 aliphatic heterocycles. The van der Waals surface area contributed by atoms with Gasteiger partial charge in [0, 0.05) is 18.3 Å². The Bertz CT molecular complexity index is 961. The van der Waals surface area contributed by atoms with Crippen LogP contribution in [0.3, 0.4) is 0 Å². The maximum absolute atomic E-state index is 13.0. The molecule has 2 aromatic carbocycles. The number of amides is 1. The first kappa shape index (κ1) is 17.6. The molecule has 130 valence electrons. The van der Waals surface area contributed by atoms with Crippen molar-refractivity contribution in [3.8, 4) is 17.5 Å². The summed E-state index contributed by atoms with van der Waals surface area (Å²) in [6.07, 6.45) is 0. The van der Waals surface area contributed by atoms with E-state index in [0.29, 0.717) is 22.2 Å². The molecule has 0 aliphatic carbocycles. The maximum Gasteiger partial charge on any atom is 0.234 e. The summed E-state index contributed by atoms with van der Waals surface area (Å²) >= 11 is 1.25. The first-order chi connectivity index (χ1) is 12.6. The Labute approximate surface area is 153 Å². The van der Waals surface area contributed by atoms with Gasteiger partial charge in [-0.25, -0.2) is 4.39 Å². The van der Waals surface area contributed by atoms with E-state index in [1.54, 1.807) is 48.0 Å². The summed E-state index contributed by atoms with van der Waals surface area (Å²) in [5.74, 6) is 0.256. The van der Waals surface area contributed by atoms with Gasteiger partial charge in [0.15, 0.2) is 11.0 Å². The Kier molecular flexibility index (Phi) is 5.29. The van der Waals surface area contributed by atoms with Crippen LogP contribution in [-0.2, 0) is 11.8 Å². The van der Waals surface area contributed by atoms with Gasteiger partial charge in [0.1, 0.15) is 5.82 Å². The van der Waals surface area contributed by atoms with E-state index in [9.17, 15) is 9.18 Å². The quantitative estimate of drug-likeness (QED) is 0.700. The number of rotatable bonds is 5. The average molecular weight is 367 g/mol. The van der Waals surface area contributed by atoms with E-state index in [2.05, 4.69) is 15.5 Å². The molecule has 1 amide bonds. The SMILES string of the molecule is Cn1c(SCC(=O)Nc2ccc(C#N)cc2)nnc1-c1ccc(F)cc1. The van der Waals surface area contributed by atoms with Gasteiger partial charge < -0.3 is 9.88 Å². The molecule has 26 heavy (non-hydrogen) atoms. The number of hydrogen-bond acceptors (Lipinski definition) is 5. The summed E-state index contributed by atoms with van der Waals surface area (Å²) in [7, 11) is 1.79. The zero-order chi connectivity index (χ0) is 18.5. The van der Waals surface area contributed by atoms with Gasteiger partial charge in [-0.1, -0.05) is 11.8 Å². The van der Waals surface area contributed by atoms with E-state index in [4.69, 9.17) is 5.26 Å². The minimum atomic E-state index is -0.315. The van der Waals surface area contributed by atoms with Crippen LogP contribution in [0.25, 0.3) is 11.4 Å². The second-order valence-corrected chi connectivity index (χ2v) is 6.34. The second kappa shape index (κ2) is 7.80. The lowest BCUT2D eigenvalue weighted by molar-refractivity contribution is -0.113. The standard InChI is InChI=1S/C18H14FN5OS/c1-24-17(13-4-6-14(19)7-5-13)22-23-18(24)26-11-16(25)21-15-8-2-12(10-20)3-9-15/h2-9H,11H2,1H3,(H,21,25). The highest BCUT2D eigenvalue weighted by Crippen LogP contribution is 2.23. The van der Waals surface area contributed by atoms with Crippen molar-refractivity contribution in [1.29, 1.82) is 5.26 Å². The lowest BCUT2D eigenvalue weighted by atomic mass is 10.2. The molecule has 0 fully saturated rings. The van der Waals surface area contributed by atoms with Gasteiger partial charge in [0.05, 0.1) is 17.4 Å². The predicted octanol–water partition coefficient (Wildman–Crippen LogP) is 3.22. The smallest absolute Gasteiger partial charge is 0.234 e. The summed E-state index contributed by atoms with van der Waals surface area (Å²) in [4.78, 5) is 12.1. The Balaban J connectivity index is 1.61. The largest absolute Gasteiger partial charge is 0.325 e. The van der Waals surface area contributed by atoms with Crippen LogP contribution in [0.15, 0.2) is 53.7 Å². The number of benzene rings is 2. The van der Waals surface area contributed by atoms with E-state index in [1.807, 2.05) is 6.07 Å². The molecule has 3 aromatic rings. The highest BCUT2D eigenvalue weighted by molar-refractivity contribution is 7.99. The van der Waals surface area contributed by atoms with Crippen molar-refractivity contribution in [2.75, 3.05) is 11.1 Å². The molecule has 8 heteroatoms. The maximum atomic E-state index is 13.0. The third kappa shape index (κ3) is 4.07. The minimum absolute atomic E-state index is 0.162. The molecule has 0 saturated carbocycles. The van der Waals surface area contributed by atoms with Crippen molar-refractivity contribution in [2.45, 2.75) is 5.16 Å². The van der Waals surface area contributed by atoms with Gasteiger partial charge in [0.2, 0.25) is 5.91 Å². The summed E-state index contributed by atoms with van der Waals surface area (Å²) in [5, 5.41) is 20.3. The fourth-order valence-electron chi connectivity index (χ4n) is 2.25. The van der Waals surface area contributed by atoms with E-state index in [0.717, 1.165) is 5.56 Å². The summed E-state index contributed by atoms with van der Waals surface area (Å²) in [5.41, 5.74) is 1.90. The Morgan fingerprint density at radius 1 is 1.19 bits per heavy atom.